The molecule has 4 N–H and O–H groups in total. The summed E-state index contributed by atoms with van der Waals surface area (Å²) in [6.45, 7) is 0.361. The Morgan fingerprint density at radius 2 is 1.97 bits per heavy atom. The average molecular weight is 442 g/mol. The van der Waals surface area contributed by atoms with E-state index in [9.17, 15) is 20.3 Å². The van der Waals surface area contributed by atoms with Crippen LogP contribution < -0.4 is 10.1 Å². The van der Waals surface area contributed by atoms with Crippen molar-refractivity contribution in [3.05, 3.63) is 57.9 Å². The van der Waals surface area contributed by atoms with Crippen LogP contribution in [0.15, 0.2) is 36.5 Å². The summed E-state index contributed by atoms with van der Waals surface area (Å²) in [7, 11) is 5.02. The van der Waals surface area contributed by atoms with Crippen molar-refractivity contribution in [2.45, 2.75) is 6.54 Å². The summed E-state index contributed by atoms with van der Waals surface area (Å²) in [6.07, 6.45) is 3.30. The Labute approximate surface area is 184 Å². The van der Waals surface area contributed by atoms with E-state index in [0.717, 1.165) is 0 Å². The second-order valence-corrected chi connectivity index (χ2v) is 7.32. The van der Waals surface area contributed by atoms with Crippen LogP contribution >= 0.6 is 0 Å². The Balaban J connectivity index is 2.44. The molecule has 3 rings (SSSR count). The van der Waals surface area contributed by atoms with Gasteiger partial charge in [-0.3, -0.25) is 10.1 Å². The first-order valence-corrected chi connectivity index (χ1v) is 9.87. The van der Waals surface area contributed by atoms with Crippen molar-refractivity contribution in [2.75, 3.05) is 34.4 Å². The monoisotopic (exact) mass is 442 g/mol. The highest BCUT2D eigenvalue weighted by Crippen LogP contribution is 2.41. The molecule has 0 saturated carbocycles. The Hall–Kier alpha value is -3.76. The quantitative estimate of drug-likeness (QED) is 0.226. The SMILES string of the molecule is COc1ccc(-n2c(C=CN(C)C)c([N+](=O)[O-])c3ccc(O)c(CNCCO)c32)cc1O. The molecule has 0 aliphatic carbocycles. The number of phenolic OH excluding ortho intramolecular Hbond substituents is 2. The molecule has 32 heavy (non-hydrogen) atoms. The van der Waals surface area contributed by atoms with E-state index >= 15 is 0 Å². The van der Waals surface area contributed by atoms with Gasteiger partial charge in [0.25, 0.3) is 0 Å². The number of benzene rings is 2. The van der Waals surface area contributed by atoms with Gasteiger partial charge in [-0.2, -0.15) is 0 Å². The van der Waals surface area contributed by atoms with Crippen molar-refractivity contribution in [3.8, 4) is 22.9 Å². The lowest BCUT2D eigenvalue weighted by atomic mass is 10.1. The molecule has 0 unspecified atom stereocenters. The van der Waals surface area contributed by atoms with Gasteiger partial charge >= 0.3 is 5.69 Å². The predicted molar refractivity (Wildman–Crippen MR) is 121 cm³/mol. The van der Waals surface area contributed by atoms with Gasteiger partial charge in [0, 0.05) is 45.0 Å². The maximum absolute atomic E-state index is 12.1. The summed E-state index contributed by atoms with van der Waals surface area (Å²) in [5, 5.41) is 45.5. The van der Waals surface area contributed by atoms with E-state index in [2.05, 4.69) is 5.32 Å². The summed E-state index contributed by atoms with van der Waals surface area (Å²) >= 11 is 0. The maximum Gasteiger partial charge on any atom is 0.302 e. The van der Waals surface area contributed by atoms with E-state index in [-0.39, 0.29) is 48.3 Å². The molecule has 0 radical (unpaired) electrons. The third-order valence-corrected chi connectivity index (χ3v) is 4.94. The number of rotatable bonds is 9. The summed E-state index contributed by atoms with van der Waals surface area (Å²) < 4.78 is 6.75. The summed E-state index contributed by atoms with van der Waals surface area (Å²) in [4.78, 5) is 13.4. The van der Waals surface area contributed by atoms with E-state index in [1.54, 1.807) is 48.0 Å². The van der Waals surface area contributed by atoms with E-state index in [1.807, 2.05) is 0 Å². The van der Waals surface area contributed by atoms with Crippen LogP contribution in [-0.2, 0) is 6.54 Å². The molecule has 170 valence electrons. The minimum absolute atomic E-state index is 0.0440. The zero-order chi connectivity index (χ0) is 23.4. The van der Waals surface area contributed by atoms with Crippen LogP contribution in [0.4, 0.5) is 5.69 Å². The molecule has 0 spiro atoms. The number of aliphatic hydroxyl groups is 1. The van der Waals surface area contributed by atoms with Gasteiger partial charge in [-0.05, 0) is 30.3 Å². The number of aromatic hydroxyl groups is 2. The molecule has 1 heterocycles. The Bertz CT molecular complexity index is 1170. The average Bonchev–Trinajstić information content (AvgIpc) is 3.08. The van der Waals surface area contributed by atoms with Crippen LogP contribution in [0.3, 0.4) is 0 Å². The van der Waals surface area contributed by atoms with E-state index < -0.39 is 4.92 Å². The zero-order valence-electron chi connectivity index (χ0n) is 18.1. The van der Waals surface area contributed by atoms with Crippen LogP contribution in [0, 0.1) is 10.1 Å². The van der Waals surface area contributed by atoms with Crippen molar-refractivity contribution >= 4 is 22.7 Å². The van der Waals surface area contributed by atoms with Gasteiger partial charge < -0.3 is 34.8 Å². The number of hydrogen-bond donors (Lipinski definition) is 4. The second-order valence-electron chi connectivity index (χ2n) is 7.32. The molecule has 0 atom stereocenters. The van der Waals surface area contributed by atoms with Gasteiger partial charge in [0.1, 0.15) is 11.4 Å². The molecule has 0 fully saturated rings. The fourth-order valence-corrected chi connectivity index (χ4v) is 3.55. The number of methoxy groups -OCH3 is 1. The minimum atomic E-state index is -0.459. The highest BCUT2D eigenvalue weighted by Gasteiger charge is 2.28. The number of fused-ring (bicyclic) bond motifs is 1. The molecular weight excluding hydrogens is 416 g/mol. The zero-order valence-corrected chi connectivity index (χ0v) is 18.1. The van der Waals surface area contributed by atoms with Crippen LogP contribution in [0.5, 0.6) is 17.2 Å². The number of nitrogens with one attached hydrogen (secondary N) is 1. The standard InChI is InChI=1S/C22H26N4O6/c1-24(2)10-8-17-22(26(30)31)15-5-6-18(28)16(13-23-9-11-27)21(15)25(17)14-4-7-20(32-3)19(29)12-14/h4-8,10,12,23,27-29H,9,11,13H2,1-3H3. The first-order chi connectivity index (χ1) is 15.3. The molecule has 0 saturated heterocycles. The van der Waals surface area contributed by atoms with Crippen LogP contribution in [0.25, 0.3) is 22.7 Å². The van der Waals surface area contributed by atoms with Crippen LogP contribution in [0.2, 0.25) is 0 Å². The number of nitrogens with zero attached hydrogens (tertiary/aromatic N) is 3. The molecule has 0 aliphatic heterocycles. The van der Waals surface area contributed by atoms with Crippen molar-refractivity contribution in [2.24, 2.45) is 0 Å². The highest BCUT2D eigenvalue weighted by atomic mass is 16.6. The highest BCUT2D eigenvalue weighted by molar-refractivity contribution is 5.99. The van der Waals surface area contributed by atoms with Gasteiger partial charge in [-0.15, -0.1) is 0 Å². The summed E-state index contributed by atoms with van der Waals surface area (Å²) in [6, 6.07) is 7.60. The maximum atomic E-state index is 12.1. The Kier molecular flexibility index (Phi) is 6.86. The summed E-state index contributed by atoms with van der Waals surface area (Å²) in [5.41, 5.74) is 1.45. The van der Waals surface area contributed by atoms with Gasteiger partial charge in [0.15, 0.2) is 11.5 Å². The fourth-order valence-electron chi connectivity index (χ4n) is 3.55. The van der Waals surface area contributed by atoms with Crippen molar-refractivity contribution in [1.29, 1.82) is 0 Å². The predicted octanol–water partition coefficient (Wildman–Crippen LogP) is 2.57. The number of phenols is 2. The van der Waals surface area contributed by atoms with Crippen molar-refractivity contribution < 1.29 is 25.0 Å². The van der Waals surface area contributed by atoms with Crippen LogP contribution in [-0.4, -0.2) is 64.1 Å². The fraction of sp³-hybridized carbons (Fsp3) is 0.273. The van der Waals surface area contributed by atoms with Crippen LogP contribution in [0.1, 0.15) is 11.3 Å². The van der Waals surface area contributed by atoms with Gasteiger partial charge in [0.05, 0.1) is 35.2 Å². The molecule has 10 heteroatoms. The largest absolute Gasteiger partial charge is 0.508 e. The molecule has 0 aliphatic rings. The number of aromatic nitrogens is 1. The van der Waals surface area contributed by atoms with Crippen molar-refractivity contribution in [1.82, 2.24) is 14.8 Å². The lowest BCUT2D eigenvalue weighted by molar-refractivity contribution is -0.383. The van der Waals surface area contributed by atoms with Gasteiger partial charge in [-0.1, -0.05) is 0 Å². The van der Waals surface area contributed by atoms with Gasteiger partial charge in [0.2, 0.25) is 0 Å². The Morgan fingerprint density at radius 1 is 1.22 bits per heavy atom. The molecular formula is C22H26N4O6. The Morgan fingerprint density at radius 3 is 2.56 bits per heavy atom. The lowest BCUT2D eigenvalue weighted by Crippen LogP contribution is -2.18. The molecule has 1 aromatic heterocycles. The third-order valence-electron chi connectivity index (χ3n) is 4.94. The van der Waals surface area contributed by atoms with E-state index in [1.165, 1.54) is 25.3 Å². The number of hydrogen-bond acceptors (Lipinski definition) is 8. The second kappa shape index (κ2) is 9.58. The molecule has 0 amide bonds. The third kappa shape index (κ3) is 4.32. The minimum Gasteiger partial charge on any atom is -0.508 e. The van der Waals surface area contributed by atoms with Gasteiger partial charge in [-0.25, -0.2) is 0 Å². The molecule has 10 nitrogen and oxygen atoms in total. The van der Waals surface area contributed by atoms with E-state index in [0.29, 0.717) is 22.2 Å². The first-order valence-electron chi connectivity index (χ1n) is 9.87. The molecule has 3 aromatic rings. The molecule has 2 aromatic carbocycles. The smallest absolute Gasteiger partial charge is 0.302 e. The summed E-state index contributed by atoms with van der Waals surface area (Å²) in [5.74, 6) is 0.0902. The number of nitro groups is 1. The van der Waals surface area contributed by atoms with E-state index in [4.69, 9.17) is 9.84 Å². The molecule has 0 bridgehead atoms. The normalized spacial score (nSPS) is 11.4. The lowest BCUT2D eigenvalue weighted by Gasteiger charge is -2.14. The van der Waals surface area contributed by atoms with Crippen molar-refractivity contribution in [3.63, 3.8) is 0 Å². The first kappa shape index (κ1) is 22.9. The number of aliphatic hydroxyl groups excluding tert-OH is 1. The number of ether oxygens (including phenoxy) is 1. The topological polar surface area (TPSA) is 133 Å².